The van der Waals surface area contributed by atoms with Crippen LogP contribution in [0.25, 0.3) is 11.2 Å². The molecule has 3 N–H and O–H groups in total. The van der Waals surface area contributed by atoms with Crippen LogP contribution in [-0.2, 0) is 49.4 Å². The fourth-order valence-corrected chi connectivity index (χ4v) is 3.40. The van der Waals surface area contributed by atoms with Gasteiger partial charge in [-0.15, -0.1) is 6.42 Å². The van der Waals surface area contributed by atoms with Gasteiger partial charge in [0.15, 0.2) is 23.2 Å². The Balaban J connectivity index is 1.96. The van der Waals surface area contributed by atoms with Crippen molar-refractivity contribution in [2.45, 2.75) is 64.9 Å². The molecule has 0 bridgehead atoms. The second-order valence-corrected chi connectivity index (χ2v) is 10.0. The van der Waals surface area contributed by atoms with E-state index in [0.29, 0.717) is 0 Å². The first-order chi connectivity index (χ1) is 20.2. The largest absolute Gasteiger partial charge is 0.461 e. The van der Waals surface area contributed by atoms with Crippen molar-refractivity contribution in [3.8, 4) is 12.3 Å². The quantitative estimate of drug-likeness (QED) is 0.116. The standard InChI is InChI=1S/C27H36FN5O10/c1-7-27(39-6,18(34)10-33-14-30-21-22(29)31-26(28)32-23(21)33)13-42-19(35)8-9-20(36)43-17(11-40-24(37)15(2)3)12-41-25(38)16(4)5/h1,14-18,34H,8-13H2,2-6H3,(H2,29,31,32)/t18-,27+/m0/s1. The van der Waals surface area contributed by atoms with Gasteiger partial charge in [0, 0.05) is 7.11 Å². The van der Waals surface area contributed by atoms with E-state index in [1.807, 2.05) is 0 Å². The number of terminal acetylenes is 1. The smallest absolute Gasteiger partial charge is 0.312 e. The molecule has 0 aromatic carbocycles. The van der Waals surface area contributed by atoms with E-state index in [0.717, 1.165) is 0 Å². The third-order valence-corrected chi connectivity index (χ3v) is 6.02. The molecule has 0 unspecified atom stereocenters. The van der Waals surface area contributed by atoms with Crippen molar-refractivity contribution in [3.63, 3.8) is 0 Å². The summed E-state index contributed by atoms with van der Waals surface area (Å²) < 4.78 is 40.9. The molecule has 0 fully saturated rings. The lowest BCUT2D eigenvalue weighted by Gasteiger charge is -2.31. The van der Waals surface area contributed by atoms with Crippen molar-refractivity contribution < 1.29 is 52.4 Å². The van der Waals surface area contributed by atoms with Crippen LogP contribution in [0.2, 0.25) is 0 Å². The fourth-order valence-electron chi connectivity index (χ4n) is 3.40. The van der Waals surface area contributed by atoms with Crippen molar-refractivity contribution in [1.82, 2.24) is 19.5 Å². The predicted molar refractivity (Wildman–Crippen MR) is 146 cm³/mol. The van der Waals surface area contributed by atoms with Crippen LogP contribution in [-0.4, -0.2) is 93.2 Å². The van der Waals surface area contributed by atoms with Gasteiger partial charge in [0.1, 0.15) is 31.4 Å². The van der Waals surface area contributed by atoms with Gasteiger partial charge in [-0.1, -0.05) is 33.6 Å². The van der Waals surface area contributed by atoms with Crippen LogP contribution < -0.4 is 5.73 Å². The lowest BCUT2D eigenvalue weighted by molar-refractivity contribution is -0.170. The summed E-state index contributed by atoms with van der Waals surface area (Å²) in [5.74, 6) is -1.59. The molecule has 0 aliphatic rings. The third-order valence-electron chi connectivity index (χ3n) is 6.02. The molecule has 2 aromatic heterocycles. The normalized spacial score (nSPS) is 13.4. The Morgan fingerprint density at radius 3 is 2.16 bits per heavy atom. The highest BCUT2D eigenvalue weighted by atomic mass is 19.1. The first-order valence-corrected chi connectivity index (χ1v) is 13.3. The number of hydrogen-bond donors (Lipinski definition) is 2. The average Bonchev–Trinajstić information content (AvgIpc) is 3.35. The van der Waals surface area contributed by atoms with E-state index in [1.165, 1.54) is 18.0 Å². The number of anilines is 1. The van der Waals surface area contributed by atoms with E-state index >= 15 is 0 Å². The molecule has 2 atom stereocenters. The van der Waals surface area contributed by atoms with Crippen LogP contribution in [0.15, 0.2) is 6.33 Å². The number of rotatable bonds is 16. The van der Waals surface area contributed by atoms with Gasteiger partial charge in [-0.2, -0.15) is 14.4 Å². The van der Waals surface area contributed by atoms with E-state index < -0.39 is 79.0 Å². The number of carbonyl (C=O) groups is 4. The van der Waals surface area contributed by atoms with Gasteiger partial charge in [0.25, 0.3) is 0 Å². The molecule has 0 radical (unpaired) electrons. The topological polar surface area (TPSA) is 204 Å². The second kappa shape index (κ2) is 15.8. The number of halogens is 1. The highest BCUT2D eigenvalue weighted by Crippen LogP contribution is 2.21. The maximum absolute atomic E-state index is 13.7. The summed E-state index contributed by atoms with van der Waals surface area (Å²) in [6.45, 7) is 4.88. The number of nitrogens with zero attached hydrogens (tertiary/aromatic N) is 4. The zero-order valence-electron chi connectivity index (χ0n) is 24.6. The molecule has 2 rings (SSSR count). The molecule has 0 aliphatic heterocycles. The number of fused-ring (bicyclic) bond motifs is 1. The Morgan fingerprint density at radius 1 is 1.05 bits per heavy atom. The molecule has 0 spiro atoms. The fraction of sp³-hybridized carbons (Fsp3) is 0.593. The number of ether oxygens (including phenoxy) is 5. The average molecular weight is 610 g/mol. The minimum absolute atomic E-state index is 0.00201. The summed E-state index contributed by atoms with van der Waals surface area (Å²) in [5, 5.41) is 10.9. The van der Waals surface area contributed by atoms with Crippen LogP contribution in [0, 0.1) is 30.3 Å². The second-order valence-electron chi connectivity index (χ2n) is 10.0. The van der Waals surface area contributed by atoms with Gasteiger partial charge in [0.2, 0.25) is 0 Å². The number of nitrogens with two attached hydrogens (primary N) is 1. The first kappa shape index (κ1) is 34.8. The maximum atomic E-state index is 13.7. The first-order valence-electron chi connectivity index (χ1n) is 13.3. The summed E-state index contributed by atoms with van der Waals surface area (Å²) in [4.78, 5) is 59.5. The number of aliphatic hydroxyl groups excluding tert-OH is 1. The van der Waals surface area contributed by atoms with Crippen LogP contribution in [0.4, 0.5) is 10.2 Å². The van der Waals surface area contributed by atoms with Gasteiger partial charge in [0.05, 0.1) is 37.5 Å². The van der Waals surface area contributed by atoms with Crippen molar-refractivity contribution in [3.05, 3.63) is 12.4 Å². The van der Waals surface area contributed by atoms with E-state index in [9.17, 15) is 28.7 Å². The molecule has 236 valence electrons. The zero-order valence-corrected chi connectivity index (χ0v) is 24.6. The van der Waals surface area contributed by atoms with Gasteiger partial charge >= 0.3 is 30.0 Å². The predicted octanol–water partition coefficient (Wildman–Crippen LogP) is 0.561. The van der Waals surface area contributed by atoms with Crippen LogP contribution in [0.1, 0.15) is 40.5 Å². The Morgan fingerprint density at radius 2 is 1.63 bits per heavy atom. The minimum Gasteiger partial charge on any atom is -0.461 e. The molecule has 16 heteroatoms. The van der Waals surface area contributed by atoms with Crippen molar-refractivity contribution >= 4 is 40.9 Å². The Labute approximate surface area is 247 Å². The van der Waals surface area contributed by atoms with Gasteiger partial charge < -0.3 is 39.1 Å². The molecular weight excluding hydrogens is 573 g/mol. The number of nitrogen functional groups attached to an aromatic ring is 1. The van der Waals surface area contributed by atoms with Gasteiger partial charge in [-0.3, -0.25) is 19.2 Å². The molecule has 15 nitrogen and oxygen atoms in total. The summed E-state index contributed by atoms with van der Waals surface area (Å²) in [7, 11) is 1.19. The third kappa shape index (κ3) is 9.86. The van der Waals surface area contributed by atoms with Gasteiger partial charge in [-0.05, 0) is 0 Å². The molecule has 2 aromatic rings. The lowest BCUT2D eigenvalue weighted by atomic mass is 9.98. The number of hydrogen-bond acceptors (Lipinski definition) is 14. The maximum Gasteiger partial charge on any atom is 0.312 e. The summed E-state index contributed by atoms with van der Waals surface area (Å²) in [6.07, 6.45) is 2.29. The van der Waals surface area contributed by atoms with E-state index in [1.54, 1.807) is 27.7 Å². The van der Waals surface area contributed by atoms with Crippen LogP contribution in [0.3, 0.4) is 0 Å². The SMILES string of the molecule is C#C[C@](COC(=O)CCC(=O)OC(COC(=O)C(C)C)COC(=O)C(C)C)(OC)[C@@H](O)Cn1cnc2c(N)nc(F)nc21. The minimum atomic E-state index is -1.84. The summed E-state index contributed by atoms with van der Waals surface area (Å²) in [6, 6.07) is 0. The molecule has 2 heterocycles. The van der Waals surface area contributed by atoms with Gasteiger partial charge in [-0.25, -0.2) is 4.98 Å². The van der Waals surface area contributed by atoms with Crippen LogP contribution in [0.5, 0.6) is 0 Å². The van der Waals surface area contributed by atoms with Crippen molar-refractivity contribution in [2.75, 3.05) is 32.7 Å². The van der Waals surface area contributed by atoms with E-state index in [4.69, 9.17) is 35.8 Å². The van der Waals surface area contributed by atoms with Crippen molar-refractivity contribution in [2.24, 2.45) is 11.8 Å². The Bertz CT molecular complexity index is 1320. The number of aliphatic hydroxyl groups is 1. The Hall–Kier alpha value is -4.36. The number of methoxy groups -OCH3 is 1. The molecular formula is C27H36FN5O10. The summed E-state index contributed by atoms with van der Waals surface area (Å²) in [5.41, 5.74) is 3.92. The lowest BCUT2D eigenvalue weighted by Crippen LogP contribution is -2.49. The van der Waals surface area contributed by atoms with E-state index in [-0.39, 0.29) is 36.7 Å². The number of carbonyl (C=O) groups excluding carboxylic acids is 4. The molecule has 0 amide bonds. The molecule has 0 aliphatic carbocycles. The van der Waals surface area contributed by atoms with Crippen LogP contribution >= 0.6 is 0 Å². The summed E-state index contributed by atoms with van der Waals surface area (Å²) >= 11 is 0. The highest BCUT2D eigenvalue weighted by Gasteiger charge is 2.39. The van der Waals surface area contributed by atoms with Crippen molar-refractivity contribution in [1.29, 1.82) is 0 Å². The Kier molecular flexibility index (Phi) is 12.8. The molecule has 43 heavy (non-hydrogen) atoms. The molecule has 0 saturated heterocycles. The van der Waals surface area contributed by atoms with E-state index in [2.05, 4.69) is 20.9 Å². The number of esters is 4. The molecule has 0 saturated carbocycles. The number of imidazole rings is 1. The number of aromatic nitrogens is 4. The highest BCUT2D eigenvalue weighted by molar-refractivity contribution is 5.81. The zero-order chi connectivity index (χ0) is 32.3. The monoisotopic (exact) mass is 609 g/mol.